The minimum absolute atomic E-state index is 0.122. The number of nitrogens with zero attached hydrogens (tertiary/aromatic N) is 5. The maximum Gasteiger partial charge on any atom is 0.257 e. The summed E-state index contributed by atoms with van der Waals surface area (Å²) in [5.41, 5.74) is 2.13. The van der Waals surface area contributed by atoms with Gasteiger partial charge in [-0.3, -0.25) is 9.58 Å². The molecule has 0 amide bonds. The van der Waals surface area contributed by atoms with Crippen LogP contribution in [0.2, 0.25) is 0 Å². The first-order valence-electron chi connectivity index (χ1n) is 8.47. The first-order valence-corrected chi connectivity index (χ1v) is 8.47. The number of hydrogen-bond acceptors (Lipinski definition) is 6. The zero-order chi connectivity index (χ0) is 17.1. The van der Waals surface area contributed by atoms with Gasteiger partial charge in [-0.15, -0.1) is 0 Å². The van der Waals surface area contributed by atoms with Gasteiger partial charge in [0, 0.05) is 31.0 Å². The van der Waals surface area contributed by atoms with Crippen molar-refractivity contribution in [2.24, 2.45) is 0 Å². The van der Waals surface area contributed by atoms with Crippen LogP contribution in [0.5, 0.6) is 0 Å². The summed E-state index contributed by atoms with van der Waals surface area (Å²) in [4.78, 5) is 6.83. The summed E-state index contributed by atoms with van der Waals surface area (Å²) in [6.07, 6.45) is 3.86. The highest BCUT2D eigenvalue weighted by Gasteiger charge is 2.22. The van der Waals surface area contributed by atoms with E-state index in [4.69, 9.17) is 9.26 Å². The normalized spacial score (nSPS) is 18.5. The Bertz CT molecular complexity index is 815. The van der Waals surface area contributed by atoms with E-state index < -0.39 is 0 Å². The second-order valence-corrected chi connectivity index (χ2v) is 6.34. The number of benzene rings is 1. The first-order chi connectivity index (χ1) is 12.3. The number of hydrogen-bond donors (Lipinski definition) is 0. The summed E-state index contributed by atoms with van der Waals surface area (Å²) in [5.74, 6) is 1.27. The van der Waals surface area contributed by atoms with Crippen LogP contribution in [-0.4, -0.2) is 50.6 Å². The summed E-state index contributed by atoms with van der Waals surface area (Å²) >= 11 is 0. The fourth-order valence-corrected chi connectivity index (χ4v) is 3.07. The van der Waals surface area contributed by atoms with Gasteiger partial charge >= 0.3 is 0 Å². The third kappa shape index (κ3) is 3.94. The van der Waals surface area contributed by atoms with E-state index in [1.165, 1.54) is 5.56 Å². The Morgan fingerprint density at radius 3 is 3.08 bits per heavy atom. The standard InChI is InChI=1S/C18H21N5O2/c1-14-4-2-5-15(10-14)18-20-17(21-25-18)13-22-8-9-24-16(11-22)12-23-7-3-6-19-23/h2-7,10,16H,8-9,11-13H2,1H3/t16-/m1/s1. The van der Waals surface area contributed by atoms with Crippen LogP contribution in [-0.2, 0) is 17.8 Å². The summed E-state index contributed by atoms with van der Waals surface area (Å²) < 4.78 is 13.2. The van der Waals surface area contributed by atoms with Gasteiger partial charge in [0.2, 0.25) is 0 Å². The molecule has 0 spiro atoms. The average Bonchev–Trinajstić information content (AvgIpc) is 3.27. The molecule has 4 rings (SSSR count). The van der Waals surface area contributed by atoms with E-state index in [1.807, 2.05) is 48.1 Å². The van der Waals surface area contributed by atoms with E-state index in [0.717, 1.165) is 25.2 Å². The second kappa shape index (κ2) is 7.16. The van der Waals surface area contributed by atoms with Crippen molar-refractivity contribution in [3.05, 3.63) is 54.1 Å². The van der Waals surface area contributed by atoms with Gasteiger partial charge in [-0.05, 0) is 25.1 Å². The van der Waals surface area contributed by atoms with Crippen LogP contribution in [0.4, 0.5) is 0 Å². The van der Waals surface area contributed by atoms with E-state index in [1.54, 1.807) is 6.20 Å². The van der Waals surface area contributed by atoms with Crippen molar-refractivity contribution in [2.45, 2.75) is 26.1 Å². The Labute approximate surface area is 146 Å². The molecule has 0 bridgehead atoms. The minimum atomic E-state index is 0.122. The Kier molecular flexibility index (Phi) is 4.58. The lowest BCUT2D eigenvalue weighted by Crippen LogP contribution is -2.43. The van der Waals surface area contributed by atoms with Crippen LogP contribution in [0, 0.1) is 6.92 Å². The van der Waals surface area contributed by atoms with Gasteiger partial charge in [-0.2, -0.15) is 10.1 Å². The van der Waals surface area contributed by atoms with E-state index in [9.17, 15) is 0 Å². The van der Waals surface area contributed by atoms with Crippen LogP contribution >= 0.6 is 0 Å². The highest BCUT2D eigenvalue weighted by Crippen LogP contribution is 2.19. The Balaban J connectivity index is 1.38. The predicted molar refractivity (Wildman–Crippen MR) is 91.7 cm³/mol. The van der Waals surface area contributed by atoms with Crippen LogP contribution in [0.15, 0.2) is 47.2 Å². The first kappa shape index (κ1) is 16.0. The van der Waals surface area contributed by atoms with Gasteiger partial charge in [0.05, 0.1) is 25.8 Å². The quantitative estimate of drug-likeness (QED) is 0.709. The minimum Gasteiger partial charge on any atom is -0.374 e. The highest BCUT2D eigenvalue weighted by atomic mass is 16.5. The van der Waals surface area contributed by atoms with Gasteiger partial charge in [-0.25, -0.2) is 0 Å². The number of morpholine rings is 1. The van der Waals surface area contributed by atoms with E-state index in [-0.39, 0.29) is 6.10 Å². The lowest BCUT2D eigenvalue weighted by molar-refractivity contribution is -0.0410. The van der Waals surface area contributed by atoms with Crippen molar-refractivity contribution in [3.8, 4) is 11.5 Å². The Morgan fingerprint density at radius 2 is 2.24 bits per heavy atom. The number of rotatable bonds is 5. The van der Waals surface area contributed by atoms with E-state index in [0.29, 0.717) is 24.9 Å². The van der Waals surface area contributed by atoms with Gasteiger partial charge in [-0.1, -0.05) is 22.9 Å². The van der Waals surface area contributed by atoms with Gasteiger partial charge in [0.25, 0.3) is 5.89 Å². The zero-order valence-corrected chi connectivity index (χ0v) is 14.2. The smallest absolute Gasteiger partial charge is 0.257 e. The van der Waals surface area contributed by atoms with Crippen molar-refractivity contribution < 1.29 is 9.26 Å². The van der Waals surface area contributed by atoms with Crippen molar-refractivity contribution >= 4 is 0 Å². The summed E-state index contributed by atoms with van der Waals surface area (Å²) in [6, 6.07) is 10.0. The molecule has 3 heterocycles. The number of aryl methyl sites for hydroxylation is 1. The molecule has 1 atom stereocenters. The highest BCUT2D eigenvalue weighted by molar-refractivity contribution is 5.53. The average molecular weight is 339 g/mol. The van der Waals surface area contributed by atoms with Crippen LogP contribution in [0.25, 0.3) is 11.5 Å². The second-order valence-electron chi connectivity index (χ2n) is 6.34. The molecule has 3 aromatic rings. The molecule has 0 unspecified atom stereocenters. The third-order valence-electron chi connectivity index (χ3n) is 4.27. The summed E-state index contributed by atoms with van der Waals surface area (Å²) in [6.45, 7) is 5.86. The van der Waals surface area contributed by atoms with Gasteiger partial charge in [0.1, 0.15) is 0 Å². The molecule has 1 aromatic carbocycles. The SMILES string of the molecule is Cc1cccc(-c2nc(CN3CCO[C@@H](Cn4cccn4)C3)no2)c1. The molecule has 1 fully saturated rings. The Hall–Kier alpha value is -2.51. The fourth-order valence-electron chi connectivity index (χ4n) is 3.07. The topological polar surface area (TPSA) is 69.2 Å². The maximum atomic E-state index is 5.84. The van der Waals surface area contributed by atoms with Crippen molar-refractivity contribution in [1.82, 2.24) is 24.8 Å². The molecule has 0 N–H and O–H groups in total. The molecule has 0 saturated carbocycles. The molecule has 7 heteroatoms. The molecule has 1 saturated heterocycles. The van der Waals surface area contributed by atoms with Crippen molar-refractivity contribution in [2.75, 3.05) is 19.7 Å². The van der Waals surface area contributed by atoms with E-state index in [2.05, 4.69) is 20.1 Å². The van der Waals surface area contributed by atoms with Crippen LogP contribution in [0.1, 0.15) is 11.4 Å². The predicted octanol–water partition coefficient (Wildman–Crippen LogP) is 2.14. The lowest BCUT2D eigenvalue weighted by Gasteiger charge is -2.31. The fraction of sp³-hybridized carbons (Fsp3) is 0.389. The summed E-state index contributed by atoms with van der Waals surface area (Å²) in [7, 11) is 0. The van der Waals surface area contributed by atoms with Crippen LogP contribution < -0.4 is 0 Å². The Morgan fingerprint density at radius 1 is 1.28 bits per heavy atom. The van der Waals surface area contributed by atoms with Crippen LogP contribution in [0.3, 0.4) is 0 Å². The molecule has 0 radical (unpaired) electrons. The monoisotopic (exact) mass is 339 g/mol. The molecule has 0 aliphatic carbocycles. The molecule has 25 heavy (non-hydrogen) atoms. The number of ether oxygens (including phenoxy) is 1. The van der Waals surface area contributed by atoms with Crippen molar-refractivity contribution in [1.29, 1.82) is 0 Å². The van der Waals surface area contributed by atoms with Gasteiger partial charge in [0.15, 0.2) is 5.82 Å². The molecule has 1 aliphatic heterocycles. The molecule has 130 valence electrons. The third-order valence-corrected chi connectivity index (χ3v) is 4.27. The van der Waals surface area contributed by atoms with Crippen molar-refractivity contribution in [3.63, 3.8) is 0 Å². The zero-order valence-electron chi connectivity index (χ0n) is 14.2. The summed E-state index contributed by atoms with van der Waals surface area (Å²) in [5, 5.41) is 8.37. The molecule has 1 aliphatic rings. The van der Waals surface area contributed by atoms with Gasteiger partial charge < -0.3 is 9.26 Å². The lowest BCUT2D eigenvalue weighted by atomic mass is 10.1. The molecule has 2 aromatic heterocycles. The largest absolute Gasteiger partial charge is 0.374 e. The maximum absolute atomic E-state index is 5.84. The number of aromatic nitrogens is 4. The molecular formula is C18H21N5O2. The van der Waals surface area contributed by atoms with E-state index >= 15 is 0 Å². The molecule has 7 nitrogen and oxygen atoms in total. The molecular weight excluding hydrogens is 318 g/mol.